The van der Waals surface area contributed by atoms with Gasteiger partial charge in [0.2, 0.25) is 11.8 Å². The Morgan fingerprint density at radius 1 is 1.10 bits per heavy atom. The normalized spacial score (nSPS) is 11.5. The third kappa shape index (κ3) is 5.73. The third-order valence-corrected chi connectivity index (χ3v) is 5.92. The first kappa shape index (κ1) is 23.0. The van der Waals surface area contributed by atoms with Crippen molar-refractivity contribution in [2.75, 3.05) is 13.7 Å². The summed E-state index contributed by atoms with van der Waals surface area (Å²) in [5.74, 6) is 1.34. The van der Waals surface area contributed by atoms with Gasteiger partial charge < -0.3 is 14.1 Å². The van der Waals surface area contributed by atoms with Crippen LogP contribution in [-0.2, 0) is 16.8 Å². The number of carbonyl (C=O) groups excluding carboxylic acids is 1. The van der Waals surface area contributed by atoms with E-state index in [4.69, 9.17) is 9.15 Å². The van der Waals surface area contributed by atoms with Gasteiger partial charge >= 0.3 is 0 Å². The van der Waals surface area contributed by atoms with E-state index < -0.39 is 0 Å². The topological polar surface area (TPSA) is 68.5 Å². The Labute approximate surface area is 191 Å². The fourth-order valence-electron chi connectivity index (χ4n) is 3.00. The molecule has 0 bridgehead atoms. The highest BCUT2D eigenvalue weighted by molar-refractivity contribution is 9.10. The zero-order valence-corrected chi connectivity index (χ0v) is 20.4. The molecule has 0 fully saturated rings. The van der Waals surface area contributed by atoms with Crippen LogP contribution in [0.2, 0.25) is 0 Å². The van der Waals surface area contributed by atoms with Gasteiger partial charge in [0.1, 0.15) is 5.75 Å². The summed E-state index contributed by atoms with van der Waals surface area (Å²) in [6.07, 6.45) is 0. The number of hydrogen-bond donors (Lipinski definition) is 0. The van der Waals surface area contributed by atoms with Crippen LogP contribution in [-0.4, -0.2) is 34.7 Å². The Morgan fingerprint density at radius 2 is 1.77 bits per heavy atom. The lowest BCUT2D eigenvalue weighted by Crippen LogP contribution is -2.31. The first-order chi connectivity index (χ1) is 14.5. The van der Waals surface area contributed by atoms with Crippen LogP contribution in [0.4, 0.5) is 0 Å². The number of amides is 1. The number of likely N-dealkylation sites (N-methyl/N-ethyl adjacent to an activating group) is 1. The minimum Gasteiger partial charge on any atom is -0.483 e. The van der Waals surface area contributed by atoms with Crippen LogP contribution >= 0.6 is 15.9 Å². The predicted octanol–water partition coefficient (Wildman–Crippen LogP) is 5.45. The van der Waals surface area contributed by atoms with Crippen LogP contribution in [0.3, 0.4) is 0 Å². The summed E-state index contributed by atoms with van der Waals surface area (Å²) < 4.78 is 12.5. The van der Waals surface area contributed by atoms with E-state index in [1.165, 1.54) is 10.5 Å². The number of hydrogen-bond acceptors (Lipinski definition) is 5. The lowest BCUT2D eigenvalue weighted by molar-refractivity contribution is -0.132. The van der Waals surface area contributed by atoms with E-state index in [1.54, 1.807) is 7.05 Å². The number of benzene rings is 2. The Morgan fingerprint density at radius 3 is 2.42 bits per heavy atom. The van der Waals surface area contributed by atoms with Crippen molar-refractivity contribution in [1.82, 2.24) is 15.1 Å². The molecule has 1 heterocycles. The highest BCUT2D eigenvalue weighted by Crippen LogP contribution is 2.27. The maximum Gasteiger partial charge on any atom is 0.260 e. The van der Waals surface area contributed by atoms with Crippen LogP contribution in [0.25, 0.3) is 11.5 Å². The highest BCUT2D eigenvalue weighted by atomic mass is 79.9. The van der Waals surface area contributed by atoms with Crippen LogP contribution in [0.15, 0.2) is 45.3 Å². The highest BCUT2D eigenvalue weighted by Gasteiger charge is 2.17. The predicted molar refractivity (Wildman–Crippen MR) is 124 cm³/mol. The molecular formula is C24H28BrN3O3. The molecule has 0 unspecified atom stereocenters. The second kappa shape index (κ2) is 9.22. The summed E-state index contributed by atoms with van der Waals surface area (Å²) in [6, 6.07) is 12.0. The van der Waals surface area contributed by atoms with E-state index >= 15 is 0 Å². The largest absolute Gasteiger partial charge is 0.483 e. The van der Waals surface area contributed by atoms with Gasteiger partial charge in [-0.05, 0) is 60.2 Å². The van der Waals surface area contributed by atoms with Crippen molar-refractivity contribution in [3.8, 4) is 17.2 Å². The van der Waals surface area contributed by atoms with E-state index in [0.29, 0.717) is 17.5 Å². The van der Waals surface area contributed by atoms with Crippen molar-refractivity contribution >= 4 is 21.8 Å². The molecule has 0 saturated carbocycles. The minimum absolute atomic E-state index is 0.0618. The molecule has 1 aromatic heterocycles. The molecule has 31 heavy (non-hydrogen) atoms. The summed E-state index contributed by atoms with van der Waals surface area (Å²) in [5, 5.41) is 8.21. The SMILES string of the molecule is Cc1cc(OCC(=O)N(C)Cc2nnc(-c3ccc(C(C)(C)C)cc3)o2)c(C)cc1Br. The second-order valence-corrected chi connectivity index (χ2v) is 9.59. The number of ether oxygens (including phenoxy) is 1. The Hall–Kier alpha value is -2.67. The maximum atomic E-state index is 12.5. The number of nitrogens with zero attached hydrogens (tertiary/aromatic N) is 3. The van der Waals surface area contributed by atoms with Crippen molar-refractivity contribution in [3.05, 3.63) is 63.5 Å². The molecule has 0 atom stereocenters. The summed E-state index contributed by atoms with van der Waals surface area (Å²) in [5.41, 5.74) is 4.18. The number of aryl methyl sites for hydroxylation is 2. The lowest BCUT2D eigenvalue weighted by Gasteiger charge is -2.18. The zero-order chi connectivity index (χ0) is 22.8. The average Bonchev–Trinajstić information content (AvgIpc) is 3.17. The van der Waals surface area contributed by atoms with Crippen molar-refractivity contribution < 1.29 is 13.9 Å². The van der Waals surface area contributed by atoms with E-state index in [1.807, 2.05) is 38.1 Å². The quantitative estimate of drug-likeness (QED) is 0.464. The second-order valence-electron chi connectivity index (χ2n) is 8.73. The molecule has 7 heteroatoms. The van der Waals surface area contributed by atoms with Crippen molar-refractivity contribution in [2.45, 2.75) is 46.6 Å². The molecule has 2 aromatic carbocycles. The molecule has 164 valence electrons. The van der Waals surface area contributed by atoms with Gasteiger partial charge in [0.15, 0.2) is 6.61 Å². The van der Waals surface area contributed by atoms with E-state index in [9.17, 15) is 4.79 Å². The first-order valence-corrected chi connectivity index (χ1v) is 10.9. The standard InChI is InChI=1S/C24H28BrN3O3/c1-15-12-20(16(2)11-19(15)25)30-14-22(29)28(6)13-21-26-27-23(31-21)17-7-9-18(10-8-17)24(3,4)5/h7-12H,13-14H2,1-6H3. The molecule has 0 spiro atoms. The Balaban J connectivity index is 1.60. The molecule has 0 radical (unpaired) electrons. The van der Waals surface area contributed by atoms with Gasteiger partial charge in [-0.2, -0.15) is 0 Å². The number of rotatable bonds is 6. The van der Waals surface area contributed by atoms with Crippen LogP contribution in [0, 0.1) is 13.8 Å². The monoisotopic (exact) mass is 485 g/mol. The molecule has 0 aliphatic carbocycles. The molecule has 0 N–H and O–H groups in total. The van der Waals surface area contributed by atoms with Gasteiger partial charge in [0.05, 0.1) is 6.54 Å². The molecule has 0 aliphatic heterocycles. The molecule has 0 saturated heterocycles. The van der Waals surface area contributed by atoms with Gasteiger partial charge in [0, 0.05) is 17.1 Å². The van der Waals surface area contributed by atoms with Crippen molar-refractivity contribution in [3.63, 3.8) is 0 Å². The smallest absolute Gasteiger partial charge is 0.260 e. The van der Waals surface area contributed by atoms with Crippen molar-refractivity contribution in [2.24, 2.45) is 0 Å². The fraction of sp³-hybridized carbons (Fsp3) is 0.375. The lowest BCUT2D eigenvalue weighted by atomic mass is 9.87. The molecule has 6 nitrogen and oxygen atoms in total. The third-order valence-electron chi connectivity index (χ3n) is 5.07. The fourth-order valence-corrected chi connectivity index (χ4v) is 3.46. The first-order valence-electron chi connectivity index (χ1n) is 10.1. The summed E-state index contributed by atoms with van der Waals surface area (Å²) >= 11 is 3.50. The van der Waals surface area contributed by atoms with Gasteiger partial charge in [-0.1, -0.05) is 48.8 Å². The summed E-state index contributed by atoms with van der Waals surface area (Å²) in [6.45, 7) is 10.6. The van der Waals surface area contributed by atoms with Crippen LogP contribution < -0.4 is 4.74 Å². The maximum absolute atomic E-state index is 12.5. The van der Waals surface area contributed by atoms with Crippen LogP contribution in [0.5, 0.6) is 5.75 Å². The Kier molecular flexibility index (Phi) is 6.84. The molecule has 1 amide bonds. The van der Waals surface area contributed by atoms with Crippen LogP contribution in [0.1, 0.15) is 43.4 Å². The molecular weight excluding hydrogens is 458 g/mol. The minimum atomic E-state index is -0.172. The Bertz CT molecular complexity index is 1070. The number of aromatic nitrogens is 2. The van der Waals surface area contributed by atoms with Gasteiger partial charge in [-0.15, -0.1) is 10.2 Å². The van der Waals surface area contributed by atoms with Crippen molar-refractivity contribution in [1.29, 1.82) is 0 Å². The van der Waals surface area contributed by atoms with E-state index in [2.05, 4.69) is 59.0 Å². The zero-order valence-electron chi connectivity index (χ0n) is 18.8. The molecule has 3 aromatic rings. The van der Waals surface area contributed by atoms with Gasteiger partial charge in [-0.25, -0.2) is 0 Å². The number of carbonyl (C=O) groups is 1. The van der Waals surface area contributed by atoms with E-state index in [0.717, 1.165) is 21.2 Å². The van der Waals surface area contributed by atoms with E-state index in [-0.39, 0.29) is 24.5 Å². The molecule has 3 rings (SSSR count). The van der Waals surface area contributed by atoms with Gasteiger partial charge in [-0.3, -0.25) is 4.79 Å². The van der Waals surface area contributed by atoms with Gasteiger partial charge in [0.25, 0.3) is 5.91 Å². The summed E-state index contributed by atoms with van der Waals surface area (Å²) in [4.78, 5) is 14.0. The average molecular weight is 486 g/mol. The number of halogens is 1. The molecule has 0 aliphatic rings. The summed E-state index contributed by atoms with van der Waals surface area (Å²) in [7, 11) is 1.69.